The summed E-state index contributed by atoms with van der Waals surface area (Å²) >= 11 is 3.06. The molecule has 0 saturated heterocycles. The van der Waals surface area contributed by atoms with Gasteiger partial charge in [0.25, 0.3) is 9.05 Å². The molecule has 0 radical (unpaired) electrons. The summed E-state index contributed by atoms with van der Waals surface area (Å²) in [5, 5.41) is 0. The highest BCUT2D eigenvalue weighted by Gasteiger charge is 2.19. The fourth-order valence-corrected chi connectivity index (χ4v) is 5.13. The molecule has 9 heteroatoms. The molecule has 0 aliphatic heterocycles. The number of anilines is 1. The van der Waals surface area contributed by atoms with Gasteiger partial charge in [-0.25, -0.2) is 16.8 Å². The second-order valence-electron chi connectivity index (χ2n) is 5.81. The van der Waals surface area contributed by atoms with Gasteiger partial charge in [-0.05, 0) is 46.0 Å². The Hall–Kier alpha value is -0.310. The Labute approximate surface area is 138 Å². The lowest BCUT2D eigenvalue weighted by Gasteiger charge is -2.18. The minimum Gasteiger partial charge on any atom is -0.284 e. The van der Waals surface area contributed by atoms with Gasteiger partial charge in [0.15, 0.2) is 0 Å². The van der Waals surface area contributed by atoms with Crippen LogP contribution in [0.25, 0.3) is 0 Å². The maximum Gasteiger partial charge on any atom is 0.262 e. The zero-order valence-electron chi connectivity index (χ0n) is 11.9. The molecule has 120 valence electrons. The summed E-state index contributed by atoms with van der Waals surface area (Å²) in [6.07, 6.45) is 0.512. The topological polar surface area (TPSA) is 80.3 Å². The largest absolute Gasteiger partial charge is 0.284 e. The van der Waals surface area contributed by atoms with E-state index in [1.54, 1.807) is 0 Å². The summed E-state index contributed by atoms with van der Waals surface area (Å²) in [6.45, 7) is 5.87. The van der Waals surface area contributed by atoms with Crippen LogP contribution in [0.1, 0.15) is 27.2 Å². The van der Waals surface area contributed by atoms with E-state index >= 15 is 0 Å². The molecule has 0 aromatic heterocycles. The number of benzene rings is 1. The van der Waals surface area contributed by atoms with Crippen LogP contribution < -0.4 is 4.72 Å². The first-order valence-electron chi connectivity index (χ1n) is 6.05. The number of nitrogens with one attached hydrogen (secondary N) is 1. The number of hydrogen-bond donors (Lipinski definition) is 1. The quantitative estimate of drug-likeness (QED) is 0.741. The molecule has 0 bridgehead atoms. The van der Waals surface area contributed by atoms with Crippen molar-refractivity contribution >= 4 is 51.4 Å². The number of sulfonamides is 1. The molecule has 21 heavy (non-hydrogen) atoms. The lowest BCUT2D eigenvalue weighted by molar-refractivity contribution is 0.397. The van der Waals surface area contributed by atoms with Crippen molar-refractivity contribution in [3.8, 4) is 0 Å². The zero-order valence-corrected chi connectivity index (χ0v) is 15.8. The SMILES string of the molecule is CC(C)(C)CCS(=O)(=O)Nc1ccc(S(=O)(=O)Cl)c(Br)c1. The van der Waals surface area contributed by atoms with Crippen molar-refractivity contribution in [3.63, 3.8) is 0 Å². The molecule has 0 fully saturated rings. The molecule has 1 N–H and O–H groups in total. The predicted molar refractivity (Wildman–Crippen MR) is 88.7 cm³/mol. The number of rotatable bonds is 5. The van der Waals surface area contributed by atoms with Gasteiger partial charge in [0.2, 0.25) is 10.0 Å². The molecule has 0 atom stereocenters. The van der Waals surface area contributed by atoms with Crippen molar-refractivity contribution in [1.82, 2.24) is 0 Å². The lowest BCUT2D eigenvalue weighted by Crippen LogP contribution is -2.20. The molecule has 5 nitrogen and oxygen atoms in total. The van der Waals surface area contributed by atoms with E-state index in [1.807, 2.05) is 20.8 Å². The van der Waals surface area contributed by atoms with Crippen LogP contribution in [0.5, 0.6) is 0 Å². The van der Waals surface area contributed by atoms with Gasteiger partial charge in [-0.15, -0.1) is 0 Å². The fourth-order valence-electron chi connectivity index (χ4n) is 1.43. The van der Waals surface area contributed by atoms with E-state index in [-0.39, 0.29) is 26.2 Å². The molecule has 0 unspecified atom stereocenters. The van der Waals surface area contributed by atoms with Crippen molar-refractivity contribution in [3.05, 3.63) is 22.7 Å². The van der Waals surface area contributed by atoms with Crippen LogP contribution in [0.4, 0.5) is 5.69 Å². The van der Waals surface area contributed by atoms with Crippen molar-refractivity contribution < 1.29 is 16.8 Å². The number of hydrogen-bond acceptors (Lipinski definition) is 4. The van der Waals surface area contributed by atoms with Gasteiger partial charge in [0, 0.05) is 20.8 Å². The molecule has 1 aromatic carbocycles. The van der Waals surface area contributed by atoms with Gasteiger partial charge < -0.3 is 0 Å². The second kappa shape index (κ2) is 6.44. The molecule has 0 saturated carbocycles. The Balaban J connectivity index is 2.92. The third kappa shape index (κ3) is 6.54. The average Bonchev–Trinajstić information content (AvgIpc) is 2.23. The lowest BCUT2D eigenvalue weighted by atomic mass is 9.94. The van der Waals surface area contributed by atoms with Crippen molar-refractivity contribution in [2.75, 3.05) is 10.5 Å². The molecule has 1 aromatic rings. The summed E-state index contributed by atoms with van der Waals surface area (Å²) in [7, 11) is -2.11. The van der Waals surface area contributed by atoms with E-state index < -0.39 is 19.1 Å². The molecule has 0 spiro atoms. The zero-order chi connectivity index (χ0) is 16.5. The van der Waals surface area contributed by atoms with E-state index in [1.165, 1.54) is 18.2 Å². The van der Waals surface area contributed by atoms with Crippen molar-refractivity contribution in [1.29, 1.82) is 0 Å². The standard InChI is InChI=1S/C12H17BrClNO4S2/c1-12(2,3)6-7-20(16,17)15-9-4-5-11(10(13)8-9)21(14,18)19/h4-5,8,15H,6-7H2,1-3H3. The fraction of sp³-hybridized carbons (Fsp3) is 0.500. The van der Waals surface area contributed by atoms with E-state index in [0.717, 1.165) is 0 Å². The van der Waals surface area contributed by atoms with E-state index in [9.17, 15) is 16.8 Å². The van der Waals surface area contributed by atoms with E-state index in [0.29, 0.717) is 6.42 Å². The first kappa shape index (κ1) is 18.7. The highest BCUT2D eigenvalue weighted by atomic mass is 79.9. The molecule has 0 heterocycles. The first-order chi connectivity index (χ1) is 9.30. The van der Waals surface area contributed by atoms with Gasteiger partial charge in [0.1, 0.15) is 0 Å². The maximum atomic E-state index is 12.0. The maximum absolute atomic E-state index is 12.0. The highest BCUT2D eigenvalue weighted by Crippen LogP contribution is 2.28. The summed E-state index contributed by atoms with van der Waals surface area (Å²) in [4.78, 5) is -0.109. The monoisotopic (exact) mass is 417 g/mol. The summed E-state index contributed by atoms with van der Waals surface area (Å²) in [5.74, 6) is -0.0102. The van der Waals surface area contributed by atoms with Gasteiger partial charge in [-0.2, -0.15) is 0 Å². The molecule has 0 aliphatic rings. The van der Waals surface area contributed by atoms with Crippen LogP contribution in [0, 0.1) is 5.41 Å². The van der Waals surface area contributed by atoms with Crippen molar-refractivity contribution in [2.24, 2.45) is 5.41 Å². The smallest absolute Gasteiger partial charge is 0.262 e. The van der Waals surface area contributed by atoms with Crippen LogP contribution in [0.15, 0.2) is 27.6 Å². The van der Waals surface area contributed by atoms with Gasteiger partial charge in [-0.1, -0.05) is 20.8 Å². The third-order valence-electron chi connectivity index (χ3n) is 2.59. The minimum atomic E-state index is -3.88. The van der Waals surface area contributed by atoms with Crippen LogP contribution in [0.3, 0.4) is 0 Å². The van der Waals surface area contributed by atoms with Gasteiger partial charge in [0.05, 0.1) is 10.6 Å². The Morgan fingerprint density at radius 1 is 1.19 bits per heavy atom. The predicted octanol–water partition coefficient (Wildman–Crippen LogP) is 3.55. The summed E-state index contributed by atoms with van der Waals surface area (Å²) in [6, 6.07) is 3.96. The Morgan fingerprint density at radius 3 is 2.19 bits per heavy atom. The Kier molecular flexibility index (Phi) is 5.74. The molecule has 0 aliphatic carbocycles. The second-order valence-corrected chi connectivity index (χ2v) is 11.0. The number of halogens is 2. The van der Waals surface area contributed by atoms with Crippen molar-refractivity contribution in [2.45, 2.75) is 32.1 Å². The van der Waals surface area contributed by atoms with E-state index in [2.05, 4.69) is 20.7 Å². The summed E-state index contributed by atoms with van der Waals surface area (Å²) in [5.41, 5.74) is 0.186. The Bertz CT molecular complexity index is 724. The van der Waals surface area contributed by atoms with E-state index in [4.69, 9.17) is 10.7 Å². The summed E-state index contributed by atoms with van der Waals surface area (Å²) < 4.78 is 49.1. The van der Waals surface area contributed by atoms with Crippen LogP contribution in [-0.2, 0) is 19.1 Å². The van der Waals surface area contributed by atoms with Crippen LogP contribution >= 0.6 is 26.6 Å². The third-order valence-corrected chi connectivity index (χ3v) is 6.18. The Morgan fingerprint density at radius 2 is 1.76 bits per heavy atom. The minimum absolute atomic E-state index is 0.0102. The highest BCUT2D eigenvalue weighted by molar-refractivity contribution is 9.10. The molecule has 1 rings (SSSR count). The van der Waals surface area contributed by atoms with Gasteiger partial charge in [-0.3, -0.25) is 4.72 Å². The molecular formula is C12H17BrClNO4S2. The van der Waals surface area contributed by atoms with Gasteiger partial charge >= 0.3 is 0 Å². The van der Waals surface area contributed by atoms with Crippen LogP contribution in [-0.4, -0.2) is 22.6 Å². The molecular weight excluding hydrogens is 402 g/mol. The average molecular weight is 419 g/mol. The normalized spacial score (nSPS) is 13.2. The molecule has 0 amide bonds. The first-order valence-corrected chi connectivity index (χ1v) is 10.8. The van der Waals surface area contributed by atoms with Crippen LogP contribution in [0.2, 0.25) is 0 Å².